The van der Waals surface area contributed by atoms with E-state index in [-0.39, 0.29) is 11.9 Å². The second-order valence-corrected chi connectivity index (χ2v) is 5.87. The highest BCUT2D eigenvalue weighted by atomic mass is 79.9. The van der Waals surface area contributed by atoms with Gasteiger partial charge in [-0.25, -0.2) is 4.79 Å². The quantitative estimate of drug-likeness (QED) is 0.822. The summed E-state index contributed by atoms with van der Waals surface area (Å²) in [6.07, 6.45) is 1.68. The Kier molecular flexibility index (Phi) is 3.55. The standard InChI is InChI=1S/C15H14BrN3O2/c1-2-7-19-8-11-12(14(19)20)13(18-15(21)17-11)9-3-5-10(16)6-4-9/h2-6,13H,1,7-8H2,(H2,17,18,21)/t13-/m1/s1. The van der Waals surface area contributed by atoms with Gasteiger partial charge >= 0.3 is 6.03 Å². The molecule has 0 aromatic heterocycles. The molecule has 1 aromatic carbocycles. The van der Waals surface area contributed by atoms with Gasteiger partial charge in [-0.1, -0.05) is 34.1 Å². The highest BCUT2D eigenvalue weighted by molar-refractivity contribution is 9.10. The first-order valence-electron chi connectivity index (χ1n) is 6.56. The summed E-state index contributed by atoms with van der Waals surface area (Å²) in [5.41, 5.74) is 2.17. The first kappa shape index (κ1) is 13.9. The number of rotatable bonds is 3. The fraction of sp³-hybridized carbons (Fsp3) is 0.200. The number of carbonyl (C=O) groups excluding carboxylic acids is 2. The smallest absolute Gasteiger partial charge is 0.319 e. The third kappa shape index (κ3) is 2.47. The number of nitrogens with one attached hydrogen (secondary N) is 2. The average molecular weight is 348 g/mol. The molecule has 2 aliphatic heterocycles. The molecule has 108 valence electrons. The first-order valence-corrected chi connectivity index (χ1v) is 7.35. The zero-order valence-electron chi connectivity index (χ0n) is 11.2. The van der Waals surface area contributed by atoms with Crippen molar-refractivity contribution in [3.05, 3.63) is 58.2 Å². The zero-order chi connectivity index (χ0) is 15.0. The summed E-state index contributed by atoms with van der Waals surface area (Å²) in [6, 6.07) is 6.89. The molecule has 0 unspecified atom stereocenters. The van der Waals surface area contributed by atoms with Crippen LogP contribution in [-0.4, -0.2) is 29.9 Å². The van der Waals surface area contributed by atoms with E-state index in [4.69, 9.17) is 0 Å². The maximum Gasteiger partial charge on any atom is 0.319 e. The third-order valence-corrected chi connectivity index (χ3v) is 4.10. The number of amides is 3. The van der Waals surface area contributed by atoms with Crippen LogP contribution in [0.25, 0.3) is 0 Å². The lowest BCUT2D eigenvalue weighted by atomic mass is 9.96. The van der Waals surface area contributed by atoms with E-state index in [1.807, 2.05) is 24.3 Å². The Morgan fingerprint density at radius 1 is 1.33 bits per heavy atom. The average Bonchev–Trinajstić information content (AvgIpc) is 2.76. The van der Waals surface area contributed by atoms with Crippen molar-refractivity contribution in [1.29, 1.82) is 0 Å². The summed E-state index contributed by atoms with van der Waals surface area (Å²) in [6.45, 7) is 4.54. The lowest BCUT2D eigenvalue weighted by Crippen LogP contribution is -2.44. The van der Waals surface area contributed by atoms with Crippen molar-refractivity contribution in [2.45, 2.75) is 6.04 Å². The zero-order valence-corrected chi connectivity index (χ0v) is 12.8. The maximum absolute atomic E-state index is 12.5. The molecule has 2 N–H and O–H groups in total. The van der Waals surface area contributed by atoms with E-state index in [9.17, 15) is 9.59 Å². The largest absolute Gasteiger partial charge is 0.329 e. The summed E-state index contributed by atoms with van der Waals surface area (Å²) in [4.78, 5) is 26.0. The Balaban J connectivity index is 1.98. The number of hydrogen-bond donors (Lipinski definition) is 2. The highest BCUT2D eigenvalue weighted by Crippen LogP contribution is 2.32. The lowest BCUT2D eigenvalue weighted by molar-refractivity contribution is -0.125. The Morgan fingerprint density at radius 3 is 2.71 bits per heavy atom. The van der Waals surface area contributed by atoms with Crippen LogP contribution in [0.4, 0.5) is 4.79 Å². The normalized spacial score (nSPS) is 21.0. The molecule has 0 aliphatic carbocycles. The van der Waals surface area contributed by atoms with Crippen molar-refractivity contribution in [2.75, 3.05) is 13.1 Å². The van der Waals surface area contributed by atoms with Gasteiger partial charge in [0.1, 0.15) is 0 Å². The number of nitrogens with zero attached hydrogens (tertiary/aromatic N) is 1. The Labute approximate surface area is 130 Å². The first-order chi connectivity index (χ1) is 10.1. The molecular formula is C15H14BrN3O2. The lowest BCUT2D eigenvalue weighted by Gasteiger charge is -2.25. The highest BCUT2D eigenvalue weighted by Gasteiger charge is 2.39. The van der Waals surface area contributed by atoms with Crippen LogP contribution in [0.1, 0.15) is 11.6 Å². The molecule has 3 amide bonds. The molecule has 21 heavy (non-hydrogen) atoms. The molecule has 2 heterocycles. The molecule has 5 nitrogen and oxygen atoms in total. The van der Waals surface area contributed by atoms with Crippen molar-refractivity contribution < 1.29 is 9.59 Å². The van der Waals surface area contributed by atoms with Gasteiger partial charge < -0.3 is 15.5 Å². The van der Waals surface area contributed by atoms with E-state index in [2.05, 4.69) is 33.1 Å². The van der Waals surface area contributed by atoms with Gasteiger partial charge in [-0.3, -0.25) is 4.79 Å². The van der Waals surface area contributed by atoms with Crippen LogP contribution in [0.3, 0.4) is 0 Å². The molecule has 0 fully saturated rings. The molecule has 0 spiro atoms. The van der Waals surface area contributed by atoms with Crippen molar-refractivity contribution in [2.24, 2.45) is 0 Å². The topological polar surface area (TPSA) is 61.4 Å². The molecule has 2 aliphatic rings. The van der Waals surface area contributed by atoms with E-state index < -0.39 is 6.04 Å². The molecule has 3 rings (SSSR count). The minimum absolute atomic E-state index is 0.0645. The van der Waals surface area contributed by atoms with Gasteiger partial charge in [-0.15, -0.1) is 6.58 Å². The summed E-state index contributed by atoms with van der Waals surface area (Å²) in [7, 11) is 0. The molecule has 1 atom stereocenters. The van der Waals surface area contributed by atoms with Crippen LogP contribution in [0.2, 0.25) is 0 Å². The summed E-state index contributed by atoms with van der Waals surface area (Å²) < 4.78 is 0.951. The van der Waals surface area contributed by atoms with Crippen molar-refractivity contribution in [3.8, 4) is 0 Å². The molecule has 1 aromatic rings. The number of hydrogen-bond acceptors (Lipinski definition) is 2. The number of benzene rings is 1. The van der Waals surface area contributed by atoms with Crippen LogP contribution in [-0.2, 0) is 4.79 Å². The van der Waals surface area contributed by atoms with Crippen LogP contribution in [0.5, 0.6) is 0 Å². The van der Waals surface area contributed by atoms with E-state index in [0.717, 1.165) is 10.0 Å². The van der Waals surface area contributed by atoms with E-state index in [1.54, 1.807) is 11.0 Å². The van der Waals surface area contributed by atoms with E-state index in [0.29, 0.717) is 24.4 Å². The summed E-state index contributed by atoms with van der Waals surface area (Å²) in [5.74, 6) is -0.0645. The van der Waals surface area contributed by atoms with Crippen molar-refractivity contribution in [3.63, 3.8) is 0 Å². The molecule has 0 saturated heterocycles. The van der Waals surface area contributed by atoms with Crippen LogP contribution in [0.15, 0.2) is 52.7 Å². The van der Waals surface area contributed by atoms with Gasteiger partial charge in [-0.2, -0.15) is 0 Å². The molecule has 0 radical (unpaired) electrons. The maximum atomic E-state index is 12.5. The second-order valence-electron chi connectivity index (χ2n) is 4.95. The number of halogens is 1. The van der Waals surface area contributed by atoms with Crippen LogP contribution >= 0.6 is 15.9 Å². The van der Waals surface area contributed by atoms with E-state index in [1.165, 1.54) is 0 Å². The molecule has 6 heteroatoms. The fourth-order valence-electron chi connectivity index (χ4n) is 2.64. The molecular weight excluding hydrogens is 334 g/mol. The summed E-state index contributed by atoms with van der Waals surface area (Å²) >= 11 is 3.38. The van der Waals surface area contributed by atoms with Crippen LogP contribution < -0.4 is 10.6 Å². The van der Waals surface area contributed by atoms with E-state index >= 15 is 0 Å². The minimum Gasteiger partial charge on any atom is -0.329 e. The van der Waals surface area contributed by atoms with Gasteiger partial charge in [0.25, 0.3) is 5.91 Å². The van der Waals surface area contributed by atoms with Crippen LogP contribution in [0, 0.1) is 0 Å². The monoisotopic (exact) mass is 347 g/mol. The molecule has 0 bridgehead atoms. The Hall–Kier alpha value is -2.08. The minimum atomic E-state index is -0.413. The van der Waals surface area contributed by atoms with Crippen molar-refractivity contribution in [1.82, 2.24) is 15.5 Å². The molecule has 0 saturated carbocycles. The van der Waals surface area contributed by atoms with Gasteiger partial charge in [0.15, 0.2) is 0 Å². The number of urea groups is 1. The van der Waals surface area contributed by atoms with Gasteiger partial charge in [0.05, 0.1) is 23.9 Å². The number of carbonyl (C=O) groups is 2. The third-order valence-electron chi connectivity index (χ3n) is 3.57. The summed E-state index contributed by atoms with van der Waals surface area (Å²) in [5, 5.41) is 5.55. The Bertz CT molecular complexity index is 651. The van der Waals surface area contributed by atoms with Gasteiger partial charge in [-0.05, 0) is 17.7 Å². The fourth-order valence-corrected chi connectivity index (χ4v) is 2.90. The second kappa shape index (κ2) is 5.37. The van der Waals surface area contributed by atoms with Gasteiger partial charge in [0.2, 0.25) is 0 Å². The predicted molar refractivity (Wildman–Crippen MR) is 82.4 cm³/mol. The van der Waals surface area contributed by atoms with Crippen molar-refractivity contribution >= 4 is 27.9 Å². The SMILES string of the molecule is C=CCN1CC2=C(C1=O)[C@@H](c1ccc(Br)cc1)NC(=O)N2. The predicted octanol–water partition coefficient (Wildman–Crippen LogP) is 2.09. The van der Waals surface area contributed by atoms with Gasteiger partial charge in [0, 0.05) is 11.0 Å². The Morgan fingerprint density at radius 2 is 2.05 bits per heavy atom.